The van der Waals surface area contributed by atoms with Gasteiger partial charge in [0.15, 0.2) is 0 Å². The van der Waals surface area contributed by atoms with Crippen molar-refractivity contribution in [3.63, 3.8) is 0 Å². The molecule has 0 unspecified atom stereocenters. The topological polar surface area (TPSA) is 32.9 Å². The Morgan fingerprint density at radius 2 is 1.68 bits per heavy atom. The molecule has 0 fully saturated rings. The van der Waals surface area contributed by atoms with Gasteiger partial charge in [-0.25, -0.2) is 0 Å². The zero-order valence-electron chi connectivity index (χ0n) is 11.0. The second-order valence-corrected chi connectivity index (χ2v) is 5.25. The number of halogens is 4. The molecule has 2 nitrogen and oxygen atoms in total. The first-order valence-corrected chi connectivity index (χ1v) is 6.72. The van der Waals surface area contributed by atoms with Crippen LogP contribution in [0.3, 0.4) is 0 Å². The van der Waals surface area contributed by atoms with Gasteiger partial charge in [0.25, 0.3) is 0 Å². The summed E-state index contributed by atoms with van der Waals surface area (Å²) in [5.41, 5.74) is -0.294. The van der Waals surface area contributed by atoms with E-state index >= 15 is 0 Å². The number of rotatable bonds is 1. The van der Waals surface area contributed by atoms with Gasteiger partial charge in [-0.3, -0.25) is 4.79 Å². The molecule has 0 spiro atoms. The Bertz CT molecular complexity index is 915. The summed E-state index contributed by atoms with van der Waals surface area (Å²) in [6, 6.07) is 11.9. The number of aromatic nitrogens is 1. The van der Waals surface area contributed by atoms with E-state index in [-0.39, 0.29) is 10.9 Å². The largest absolute Gasteiger partial charge is 0.417 e. The normalized spacial score (nSPS) is 11.8. The minimum Gasteiger partial charge on any atom is -0.322 e. The molecule has 1 heterocycles. The van der Waals surface area contributed by atoms with Crippen molar-refractivity contribution in [3.8, 4) is 11.1 Å². The molecule has 0 aliphatic rings. The predicted molar refractivity (Wildman–Crippen MR) is 80.0 cm³/mol. The Morgan fingerprint density at radius 3 is 2.36 bits per heavy atom. The van der Waals surface area contributed by atoms with Gasteiger partial charge in [0.2, 0.25) is 5.56 Å². The SMILES string of the molecule is O=c1cc(C(F)(F)F)c2cc(-c3cccc(Cl)c3)ccc2[nH]1. The molecule has 0 aliphatic heterocycles. The fraction of sp³-hybridized carbons (Fsp3) is 0.0625. The molecule has 1 aromatic heterocycles. The van der Waals surface area contributed by atoms with Crippen molar-refractivity contribution in [2.75, 3.05) is 0 Å². The van der Waals surface area contributed by atoms with Crippen LogP contribution in [0, 0.1) is 0 Å². The third-order valence-corrected chi connectivity index (χ3v) is 3.54. The van der Waals surface area contributed by atoms with Crippen LogP contribution in [0.4, 0.5) is 13.2 Å². The number of alkyl halides is 3. The molecule has 6 heteroatoms. The number of nitrogens with one attached hydrogen (secondary N) is 1. The van der Waals surface area contributed by atoms with Crippen molar-refractivity contribution < 1.29 is 13.2 Å². The molecule has 0 radical (unpaired) electrons. The predicted octanol–water partition coefficient (Wildman–Crippen LogP) is 4.87. The van der Waals surface area contributed by atoms with Crippen LogP contribution in [0.1, 0.15) is 5.56 Å². The smallest absolute Gasteiger partial charge is 0.322 e. The van der Waals surface area contributed by atoms with Gasteiger partial charge in [0.1, 0.15) is 0 Å². The highest BCUT2D eigenvalue weighted by Crippen LogP contribution is 2.35. The van der Waals surface area contributed by atoms with E-state index in [2.05, 4.69) is 4.98 Å². The monoisotopic (exact) mass is 323 g/mol. The Hall–Kier alpha value is -2.27. The lowest BCUT2D eigenvalue weighted by Crippen LogP contribution is -2.13. The standard InChI is InChI=1S/C16H9ClF3NO/c17-11-3-1-2-9(6-11)10-4-5-14-12(7-10)13(16(18,19)20)8-15(22)21-14/h1-8H,(H,21,22). The van der Waals surface area contributed by atoms with E-state index in [1.165, 1.54) is 12.1 Å². The molecular weight excluding hydrogens is 315 g/mol. The maximum absolute atomic E-state index is 13.1. The quantitative estimate of drug-likeness (QED) is 0.681. The van der Waals surface area contributed by atoms with E-state index in [0.717, 1.165) is 0 Å². The second kappa shape index (κ2) is 5.18. The van der Waals surface area contributed by atoms with Gasteiger partial charge in [-0.1, -0.05) is 29.8 Å². The number of benzene rings is 2. The first-order chi connectivity index (χ1) is 10.3. The first-order valence-electron chi connectivity index (χ1n) is 6.35. The van der Waals surface area contributed by atoms with Crippen LogP contribution in [0.5, 0.6) is 0 Å². The summed E-state index contributed by atoms with van der Waals surface area (Å²) in [7, 11) is 0. The fourth-order valence-corrected chi connectivity index (χ4v) is 2.53. The van der Waals surface area contributed by atoms with Crippen molar-refractivity contribution in [1.82, 2.24) is 4.98 Å². The zero-order valence-corrected chi connectivity index (χ0v) is 11.8. The van der Waals surface area contributed by atoms with Crippen LogP contribution in [-0.4, -0.2) is 4.98 Å². The van der Waals surface area contributed by atoms with Crippen molar-refractivity contribution in [2.24, 2.45) is 0 Å². The van der Waals surface area contributed by atoms with Crippen molar-refractivity contribution in [2.45, 2.75) is 6.18 Å². The average Bonchev–Trinajstić information content (AvgIpc) is 2.45. The third kappa shape index (κ3) is 2.72. The summed E-state index contributed by atoms with van der Waals surface area (Å²) in [5.74, 6) is 0. The van der Waals surface area contributed by atoms with E-state index in [9.17, 15) is 18.0 Å². The summed E-state index contributed by atoms with van der Waals surface area (Å²) in [4.78, 5) is 13.8. The summed E-state index contributed by atoms with van der Waals surface area (Å²) >= 11 is 5.91. The van der Waals surface area contributed by atoms with Gasteiger partial charge in [-0.15, -0.1) is 0 Å². The Labute approximate surface area is 128 Å². The molecule has 0 atom stereocenters. The molecule has 0 bridgehead atoms. The number of pyridine rings is 1. The van der Waals surface area contributed by atoms with Gasteiger partial charge in [-0.05, 0) is 35.4 Å². The highest BCUT2D eigenvalue weighted by molar-refractivity contribution is 6.30. The van der Waals surface area contributed by atoms with Gasteiger partial charge in [0, 0.05) is 22.0 Å². The molecule has 0 aliphatic carbocycles. The highest BCUT2D eigenvalue weighted by Gasteiger charge is 2.33. The maximum atomic E-state index is 13.1. The first kappa shape index (κ1) is 14.7. The van der Waals surface area contributed by atoms with Crippen LogP contribution < -0.4 is 5.56 Å². The highest BCUT2D eigenvalue weighted by atomic mass is 35.5. The molecule has 0 saturated carbocycles. The second-order valence-electron chi connectivity index (χ2n) is 4.82. The summed E-state index contributed by atoms with van der Waals surface area (Å²) in [6.07, 6.45) is -4.60. The molecule has 1 N–H and O–H groups in total. The van der Waals surface area contributed by atoms with Gasteiger partial charge < -0.3 is 4.98 Å². The van der Waals surface area contributed by atoms with Crippen LogP contribution >= 0.6 is 11.6 Å². The third-order valence-electron chi connectivity index (χ3n) is 3.31. The maximum Gasteiger partial charge on any atom is 0.417 e. The van der Waals surface area contributed by atoms with E-state index in [0.29, 0.717) is 22.2 Å². The molecule has 3 rings (SSSR count). The number of hydrogen-bond acceptors (Lipinski definition) is 1. The lowest BCUT2D eigenvalue weighted by atomic mass is 10.0. The minimum absolute atomic E-state index is 0.0513. The Morgan fingerprint density at radius 1 is 0.955 bits per heavy atom. The van der Waals surface area contributed by atoms with Crippen molar-refractivity contribution in [1.29, 1.82) is 0 Å². The Balaban J connectivity index is 2.29. The molecular formula is C16H9ClF3NO. The molecule has 0 saturated heterocycles. The number of fused-ring (bicyclic) bond motifs is 1. The average molecular weight is 324 g/mol. The number of hydrogen-bond donors (Lipinski definition) is 1. The zero-order chi connectivity index (χ0) is 15.9. The van der Waals surface area contributed by atoms with Crippen LogP contribution in [0.15, 0.2) is 53.3 Å². The Kier molecular flexibility index (Phi) is 3.45. The number of aromatic amines is 1. The molecule has 2 aromatic carbocycles. The molecule has 3 aromatic rings. The summed E-state index contributed by atoms with van der Waals surface area (Å²) in [6.45, 7) is 0. The van der Waals surface area contributed by atoms with Crippen LogP contribution in [0.2, 0.25) is 5.02 Å². The molecule has 0 amide bonds. The fourth-order valence-electron chi connectivity index (χ4n) is 2.34. The molecule has 112 valence electrons. The minimum atomic E-state index is -4.60. The van der Waals surface area contributed by atoms with Gasteiger partial charge in [0.05, 0.1) is 5.56 Å². The van der Waals surface area contributed by atoms with E-state index in [1.807, 2.05) is 0 Å². The lowest BCUT2D eigenvalue weighted by molar-refractivity contribution is -0.136. The summed E-state index contributed by atoms with van der Waals surface area (Å²) in [5, 5.41) is 0.444. The van der Waals surface area contributed by atoms with Crippen molar-refractivity contribution in [3.05, 3.63) is 69.5 Å². The summed E-state index contributed by atoms with van der Waals surface area (Å²) < 4.78 is 39.4. The van der Waals surface area contributed by atoms with Crippen molar-refractivity contribution >= 4 is 22.5 Å². The molecule has 22 heavy (non-hydrogen) atoms. The van der Waals surface area contributed by atoms with E-state index in [4.69, 9.17) is 11.6 Å². The van der Waals surface area contributed by atoms with Crippen LogP contribution in [-0.2, 0) is 6.18 Å². The van der Waals surface area contributed by atoms with Gasteiger partial charge in [-0.2, -0.15) is 13.2 Å². The van der Waals surface area contributed by atoms with E-state index < -0.39 is 17.3 Å². The van der Waals surface area contributed by atoms with Gasteiger partial charge >= 0.3 is 6.18 Å². The van der Waals surface area contributed by atoms with E-state index in [1.54, 1.807) is 30.3 Å². The van der Waals surface area contributed by atoms with Crippen LogP contribution in [0.25, 0.3) is 22.0 Å². The number of H-pyrrole nitrogens is 1. The lowest BCUT2D eigenvalue weighted by Gasteiger charge is -2.11.